The second kappa shape index (κ2) is 7.54. The lowest BCUT2D eigenvalue weighted by Gasteiger charge is -2.12. The van der Waals surface area contributed by atoms with Crippen LogP contribution in [0.25, 0.3) is 11.0 Å². The van der Waals surface area contributed by atoms with Gasteiger partial charge in [0.2, 0.25) is 0 Å². The quantitative estimate of drug-likeness (QED) is 0.499. The molecule has 0 amide bonds. The molecule has 0 bridgehead atoms. The number of fused-ring (bicyclic) bond motifs is 1. The number of rotatable bonds is 5. The molecule has 1 atom stereocenters. The van der Waals surface area contributed by atoms with Gasteiger partial charge >= 0.3 is 5.97 Å². The van der Waals surface area contributed by atoms with Crippen LogP contribution >= 0.6 is 11.8 Å². The van der Waals surface area contributed by atoms with Crippen molar-refractivity contribution in [2.24, 2.45) is 0 Å². The van der Waals surface area contributed by atoms with Crippen molar-refractivity contribution in [3.63, 3.8) is 0 Å². The molecule has 0 aliphatic heterocycles. The fourth-order valence-electron chi connectivity index (χ4n) is 2.48. The predicted molar refractivity (Wildman–Crippen MR) is 95.4 cm³/mol. The summed E-state index contributed by atoms with van der Waals surface area (Å²) < 4.78 is 9.93. The van der Waals surface area contributed by atoms with Crippen molar-refractivity contribution < 1.29 is 14.1 Å². The molecular weight excluding hydrogens is 352 g/mol. The average molecular weight is 368 g/mol. The van der Waals surface area contributed by atoms with E-state index in [1.165, 1.54) is 18.9 Å². The fraction of sp³-hybridized carbons (Fsp3) is 0.278. The van der Waals surface area contributed by atoms with Gasteiger partial charge in [-0.25, -0.2) is 9.97 Å². The third kappa shape index (κ3) is 3.39. The van der Waals surface area contributed by atoms with Crippen molar-refractivity contribution >= 4 is 28.8 Å². The lowest BCUT2D eigenvalue weighted by Crippen LogP contribution is -2.15. The predicted octanol–water partition coefficient (Wildman–Crippen LogP) is 3.31. The van der Waals surface area contributed by atoms with Crippen LogP contribution in [-0.4, -0.2) is 28.2 Å². The lowest BCUT2D eigenvalue weighted by atomic mass is 10.1. The molecule has 3 rings (SSSR count). The van der Waals surface area contributed by atoms with E-state index in [2.05, 4.69) is 15.1 Å². The molecule has 26 heavy (non-hydrogen) atoms. The highest BCUT2D eigenvalue weighted by atomic mass is 32.2. The normalized spacial score (nSPS) is 11.9. The second-order valence-electron chi connectivity index (χ2n) is 5.58. The third-order valence-corrected chi connectivity index (χ3v) is 4.94. The van der Waals surface area contributed by atoms with Crippen molar-refractivity contribution in [3.8, 4) is 6.07 Å². The first kappa shape index (κ1) is 17.9. The van der Waals surface area contributed by atoms with E-state index in [0.29, 0.717) is 27.5 Å². The summed E-state index contributed by atoms with van der Waals surface area (Å²) >= 11 is 1.39. The van der Waals surface area contributed by atoms with Crippen molar-refractivity contribution in [1.29, 1.82) is 5.26 Å². The smallest absolute Gasteiger partial charge is 0.329 e. The number of aromatic nitrogens is 3. The van der Waals surface area contributed by atoms with E-state index in [1.54, 1.807) is 6.07 Å². The average Bonchev–Trinajstić information content (AvgIpc) is 2.98. The summed E-state index contributed by atoms with van der Waals surface area (Å²) in [5.74, 6) is -0.517. The standard InChI is InChI=1S/C18H16N4O3S/c1-10-13(11(2)25-22-10)9-26-17-16(12(8-19)18(23)24-3)20-14-6-4-5-7-15(14)21-17/h4-7,12H,9H2,1-3H3. The number of nitriles is 1. The van der Waals surface area contributed by atoms with Crippen LogP contribution in [0.5, 0.6) is 0 Å². The van der Waals surface area contributed by atoms with Crippen LogP contribution in [0.3, 0.4) is 0 Å². The number of carbonyl (C=O) groups excluding carboxylic acids is 1. The van der Waals surface area contributed by atoms with Crippen molar-refractivity contribution in [3.05, 3.63) is 47.0 Å². The van der Waals surface area contributed by atoms with Gasteiger partial charge in [0.25, 0.3) is 0 Å². The zero-order valence-corrected chi connectivity index (χ0v) is 15.3. The van der Waals surface area contributed by atoms with Gasteiger partial charge in [-0.05, 0) is 26.0 Å². The number of esters is 1. The molecule has 2 aromatic heterocycles. The molecule has 0 aliphatic carbocycles. The van der Waals surface area contributed by atoms with Gasteiger partial charge in [-0.15, -0.1) is 0 Å². The van der Waals surface area contributed by atoms with Gasteiger partial charge < -0.3 is 9.26 Å². The van der Waals surface area contributed by atoms with E-state index in [-0.39, 0.29) is 0 Å². The van der Waals surface area contributed by atoms with E-state index in [0.717, 1.165) is 17.0 Å². The van der Waals surface area contributed by atoms with E-state index in [1.807, 2.05) is 38.1 Å². The van der Waals surface area contributed by atoms with E-state index < -0.39 is 11.9 Å². The number of hydrogen-bond donors (Lipinski definition) is 0. The van der Waals surface area contributed by atoms with Crippen LogP contribution < -0.4 is 0 Å². The Morgan fingerprint density at radius 1 is 1.31 bits per heavy atom. The van der Waals surface area contributed by atoms with Crippen LogP contribution in [0.1, 0.15) is 28.6 Å². The first-order chi connectivity index (χ1) is 12.5. The number of benzene rings is 1. The summed E-state index contributed by atoms with van der Waals surface area (Å²) in [7, 11) is 1.25. The maximum Gasteiger partial charge on any atom is 0.329 e. The SMILES string of the molecule is COC(=O)C(C#N)c1nc2ccccc2nc1SCc1c(C)noc1C. The molecule has 0 saturated carbocycles. The second-order valence-corrected chi connectivity index (χ2v) is 6.54. The van der Waals surface area contributed by atoms with E-state index in [4.69, 9.17) is 9.26 Å². The topological polar surface area (TPSA) is 102 Å². The Balaban J connectivity index is 2.05. The van der Waals surface area contributed by atoms with Gasteiger partial charge in [0.1, 0.15) is 16.5 Å². The Bertz CT molecular complexity index is 990. The largest absolute Gasteiger partial charge is 0.468 e. The molecular formula is C18H16N4O3S. The molecule has 7 nitrogen and oxygen atoms in total. The first-order valence-electron chi connectivity index (χ1n) is 7.83. The van der Waals surface area contributed by atoms with Crippen LogP contribution in [0, 0.1) is 25.2 Å². The number of aryl methyl sites for hydroxylation is 2. The van der Waals surface area contributed by atoms with Crippen molar-refractivity contribution in [2.75, 3.05) is 7.11 Å². The zero-order valence-electron chi connectivity index (χ0n) is 14.5. The molecule has 0 spiro atoms. The molecule has 0 N–H and O–H groups in total. The number of thioether (sulfide) groups is 1. The van der Waals surface area contributed by atoms with Gasteiger partial charge in [0.05, 0.1) is 29.9 Å². The van der Waals surface area contributed by atoms with E-state index >= 15 is 0 Å². The molecule has 0 aliphatic rings. The number of methoxy groups -OCH3 is 1. The van der Waals surface area contributed by atoms with E-state index in [9.17, 15) is 10.1 Å². The summed E-state index contributed by atoms with van der Waals surface area (Å²) in [6.45, 7) is 3.71. The maximum atomic E-state index is 12.0. The fourth-order valence-corrected chi connectivity index (χ4v) is 3.65. The number of para-hydroxylation sites is 2. The minimum Gasteiger partial charge on any atom is -0.468 e. The van der Waals surface area contributed by atoms with Gasteiger partial charge in [-0.2, -0.15) is 5.26 Å². The molecule has 1 aromatic carbocycles. The minimum absolute atomic E-state index is 0.301. The number of ether oxygens (including phenoxy) is 1. The Hall–Kier alpha value is -2.92. The highest BCUT2D eigenvalue weighted by Gasteiger charge is 2.27. The van der Waals surface area contributed by atoms with Crippen molar-refractivity contribution in [2.45, 2.75) is 30.5 Å². The van der Waals surface area contributed by atoms with Gasteiger partial charge in [-0.3, -0.25) is 4.79 Å². The molecule has 0 radical (unpaired) electrons. The molecule has 132 valence electrons. The molecule has 3 aromatic rings. The van der Waals surface area contributed by atoms with Crippen LogP contribution in [0.4, 0.5) is 0 Å². The zero-order chi connectivity index (χ0) is 18.7. The summed E-state index contributed by atoms with van der Waals surface area (Å²) in [5.41, 5.74) is 3.37. The molecule has 0 fully saturated rings. The van der Waals surface area contributed by atoms with Gasteiger partial charge in [0, 0.05) is 11.3 Å². The third-order valence-electron chi connectivity index (χ3n) is 3.94. The maximum absolute atomic E-state index is 12.0. The van der Waals surface area contributed by atoms with Crippen LogP contribution in [-0.2, 0) is 15.3 Å². The molecule has 1 unspecified atom stereocenters. The summed E-state index contributed by atoms with van der Waals surface area (Å²) in [5, 5.41) is 13.9. The Labute approximate surface area is 154 Å². The van der Waals surface area contributed by atoms with Gasteiger partial charge in [-0.1, -0.05) is 29.1 Å². The Morgan fingerprint density at radius 3 is 2.58 bits per heavy atom. The van der Waals surface area contributed by atoms with Crippen LogP contribution in [0.15, 0.2) is 33.8 Å². The summed E-state index contributed by atoms with van der Waals surface area (Å²) in [6, 6.07) is 9.29. The molecule has 2 heterocycles. The number of hydrogen-bond acceptors (Lipinski definition) is 8. The highest BCUT2D eigenvalue weighted by Crippen LogP contribution is 2.32. The van der Waals surface area contributed by atoms with Gasteiger partial charge in [0.15, 0.2) is 5.92 Å². The minimum atomic E-state index is -1.13. The Morgan fingerprint density at radius 2 is 2.00 bits per heavy atom. The molecule has 8 heteroatoms. The first-order valence-corrected chi connectivity index (χ1v) is 8.82. The van der Waals surface area contributed by atoms with Crippen LogP contribution in [0.2, 0.25) is 0 Å². The number of carbonyl (C=O) groups is 1. The highest BCUT2D eigenvalue weighted by molar-refractivity contribution is 7.98. The van der Waals surface area contributed by atoms with Crippen molar-refractivity contribution in [1.82, 2.24) is 15.1 Å². The lowest BCUT2D eigenvalue weighted by molar-refractivity contribution is -0.141. The Kier molecular flexibility index (Phi) is 5.19. The summed E-state index contributed by atoms with van der Waals surface area (Å²) in [6.07, 6.45) is 0. The molecule has 0 saturated heterocycles. The monoisotopic (exact) mass is 368 g/mol. The number of nitrogens with zero attached hydrogens (tertiary/aromatic N) is 4. The summed E-state index contributed by atoms with van der Waals surface area (Å²) in [4.78, 5) is 21.2.